The normalized spacial score (nSPS) is 14.8. The predicted octanol–water partition coefficient (Wildman–Crippen LogP) is 3.49. The van der Waals surface area contributed by atoms with Gasteiger partial charge < -0.3 is 24.8 Å². The third-order valence-corrected chi connectivity index (χ3v) is 6.94. The lowest BCUT2D eigenvalue weighted by atomic mass is 10.0. The zero-order valence-electron chi connectivity index (χ0n) is 21.7. The van der Waals surface area contributed by atoms with Crippen molar-refractivity contribution < 1.29 is 9.53 Å². The Kier molecular flexibility index (Phi) is 7.45. The molecule has 2 aliphatic rings. The Bertz CT molecular complexity index is 1430. The molecule has 1 amide bonds. The highest BCUT2D eigenvalue weighted by atomic mass is 16.5. The molecule has 2 aromatic carbocycles. The summed E-state index contributed by atoms with van der Waals surface area (Å²) in [5, 5.41) is 5.36. The van der Waals surface area contributed by atoms with E-state index in [9.17, 15) is 4.79 Å². The maximum atomic E-state index is 12.1. The molecule has 1 saturated heterocycles. The Hall–Kier alpha value is -4.51. The minimum atomic E-state index is -0.0368. The number of hydrogen-bond acceptors (Lipinski definition) is 7. The number of anilines is 2. The summed E-state index contributed by atoms with van der Waals surface area (Å²) in [4.78, 5) is 28.2. The predicted molar refractivity (Wildman–Crippen MR) is 151 cm³/mol. The first kappa shape index (κ1) is 25.2. The molecule has 194 valence electrons. The molecule has 8 heteroatoms. The van der Waals surface area contributed by atoms with Gasteiger partial charge in [-0.1, -0.05) is 55.5 Å². The van der Waals surface area contributed by atoms with Gasteiger partial charge in [0.05, 0.1) is 17.9 Å². The van der Waals surface area contributed by atoms with Crippen LogP contribution in [0.25, 0.3) is 10.8 Å². The number of piperazine rings is 1. The molecule has 0 bridgehead atoms. The van der Waals surface area contributed by atoms with Crippen LogP contribution < -0.4 is 19.9 Å². The van der Waals surface area contributed by atoms with E-state index in [4.69, 9.17) is 14.7 Å². The second-order valence-electron chi connectivity index (χ2n) is 9.33. The second-order valence-corrected chi connectivity index (χ2v) is 9.33. The molecule has 1 aromatic heterocycles. The van der Waals surface area contributed by atoms with E-state index in [1.165, 1.54) is 22.5 Å². The fraction of sp³-hybridized carbons (Fsp3) is 0.300. The number of nitrogens with one attached hydrogen (secondary N) is 1. The van der Waals surface area contributed by atoms with Gasteiger partial charge in [-0.25, -0.2) is 0 Å². The number of nitrogens with zero attached hydrogens (tertiary/aromatic N) is 5. The molecule has 38 heavy (non-hydrogen) atoms. The van der Waals surface area contributed by atoms with Gasteiger partial charge in [0.2, 0.25) is 5.91 Å². The average molecular weight is 509 g/mol. The standard InChI is InChI=1S/C30H32N6O2/c1-4-14-31-22(3)21-38-30-32-26-20-36(27-12-8-10-23-9-6-7-11-24(23)27)15-13-25(26)29(33-30)35-18-16-34(17-19-35)28(37)5-2/h5-12,31H,2-3,13,15-21H2,1H3. The molecule has 1 N–H and O–H groups in total. The van der Waals surface area contributed by atoms with Crippen molar-refractivity contribution in [3.63, 3.8) is 0 Å². The van der Waals surface area contributed by atoms with Gasteiger partial charge in [-0.15, -0.1) is 0 Å². The summed E-state index contributed by atoms with van der Waals surface area (Å²) in [6.07, 6.45) is 2.19. The van der Waals surface area contributed by atoms with Crippen LogP contribution >= 0.6 is 0 Å². The topological polar surface area (TPSA) is 73.8 Å². The Balaban J connectivity index is 1.44. The SMILES string of the molecule is C=CC(=O)N1CCN(c2nc(OCC(=C)NC#CC)nc3c2CCN(c2cccc4ccccc24)C3)CC1. The van der Waals surface area contributed by atoms with E-state index in [2.05, 4.69) is 82.7 Å². The van der Waals surface area contributed by atoms with E-state index in [-0.39, 0.29) is 12.5 Å². The van der Waals surface area contributed by atoms with E-state index in [1.54, 1.807) is 6.92 Å². The molecule has 5 rings (SSSR count). The number of hydrogen-bond donors (Lipinski definition) is 1. The van der Waals surface area contributed by atoms with Crippen molar-refractivity contribution in [2.45, 2.75) is 19.9 Å². The van der Waals surface area contributed by atoms with E-state index < -0.39 is 0 Å². The molecule has 0 saturated carbocycles. The highest BCUT2D eigenvalue weighted by Crippen LogP contribution is 2.34. The van der Waals surface area contributed by atoms with Crippen LogP contribution in [0.2, 0.25) is 0 Å². The summed E-state index contributed by atoms with van der Waals surface area (Å²) in [6.45, 7) is 13.7. The van der Waals surface area contributed by atoms with Crippen molar-refractivity contribution in [3.05, 3.63) is 78.7 Å². The first-order valence-corrected chi connectivity index (χ1v) is 12.8. The van der Waals surface area contributed by atoms with Crippen LogP contribution in [0, 0.1) is 12.0 Å². The summed E-state index contributed by atoms with van der Waals surface area (Å²) in [5.41, 5.74) is 3.94. The molecule has 1 fully saturated rings. The molecule has 8 nitrogen and oxygen atoms in total. The van der Waals surface area contributed by atoms with Gasteiger partial charge in [0.15, 0.2) is 0 Å². The lowest BCUT2D eigenvalue weighted by Crippen LogP contribution is -2.49. The van der Waals surface area contributed by atoms with Crippen LogP contribution in [0.15, 0.2) is 67.4 Å². The summed E-state index contributed by atoms with van der Waals surface area (Å²) < 4.78 is 5.98. The number of carbonyl (C=O) groups is 1. The van der Waals surface area contributed by atoms with Gasteiger partial charge in [0.1, 0.15) is 12.4 Å². The molecule has 0 radical (unpaired) electrons. The van der Waals surface area contributed by atoms with E-state index in [0.29, 0.717) is 44.4 Å². The molecule has 0 atom stereocenters. The smallest absolute Gasteiger partial charge is 0.319 e. The Morgan fingerprint density at radius 2 is 1.87 bits per heavy atom. The number of benzene rings is 2. The fourth-order valence-electron chi connectivity index (χ4n) is 5.01. The maximum Gasteiger partial charge on any atom is 0.319 e. The van der Waals surface area contributed by atoms with Gasteiger partial charge in [-0.3, -0.25) is 4.79 Å². The summed E-state index contributed by atoms with van der Waals surface area (Å²) in [7, 11) is 0. The third-order valence-electron chi connectivity index (χ3n) is 6.94. The minimum Gasteiger partial charge on any atom is -0.457 e. The quantitative estimate of drug-likeness (QED) is 0.298. The van der Waals surface area contributed by atoms with Crippen LogP contribution in [0.1, 0.15) is 18.2 Å². The minimum absolute atomic E-state index is 0.0368. The van der Waals surface area contributed by atoms with Gasteiger partial charge in [-0.05, 0) is 30.9 Å². The van der Waals surface area contributed by atoms with Crippen LogP contribution in [0.4, 0.5) is 11.5 Å². The molecular formula is C30H32N6O2. The van der Waals surface area contributed by atoms with Crippen molar-refractivity contribution in [2.75, 3.05) is 49.1 Å². The monoisotopic (exact) mass is 508 g/mol. The molecule has 3 aromatic rings. The average Bonchev–Trinajstić information content (AvgIpc) is 2.97. The van der Waals surface area contributed by atoms with Gasteiger partial charge in [0, 0.05) is 55.4 Å². The van der Waals surface area contributed by atoms with Crippen LogP contribution in [-0.4, -0.2) is 60.1 Å². The van der Waals surface area contributed by atoms with Gasteiger partial charge in [0.25, 0.3) is 0 Å². The molecule has 0 aliphatic carbocycles. The number of ether oxygens (including phenoxy) is 1. The van der Waals surface area contributed by atoms with Crippen LogP contribution in [0.3, 0.4) is 0 Å². The maximum absolute atomic E-state index is 12.1. The third kappa shape index (κ3) is 5.28. The van der Waals surface area contributed by atoms with Gasteiger partial charge in [-0.2, -0.15) is 9.97 Å². The highest BCUT2D eigenvalue weighted by Gasteiger charge is 2.29. The molecule has 0 unspecified atom stereocenters. The first-order chi connectivity index (χ1) is 18.6. The first-order valence-electron chi connectivity index (χ1n) is 12.8. The van der Waals surface area contributed by atoms with E-state index >= 15 is 0 Å². The van der Waals surface area contributed by atoms with Crippen molar-refractivity contribution in [1.82, 2.24) is 20.2 Å². The number of fused-ring (bicyclic) bond motifs is 2. The summed E-state index contributed by atoms with van der Waals surface area (Å²) in [6, 6.07) is 18.0. The lowest BCUT2D eigenvalue weighted by molar-refractivity contribution is -0.126. The number of amides is 1. The number of carbonyl (C=O) groups excluding carboxylic acids is 1. The summed E-state index contributed by atoms with van der Waals surface area (Å²) in [5.74, 6) is 3.64. The van der Waals surface area contributed by atoms with Crippen molar-refractivity contribution in [1.29, 1.82) is 0 Å². The second kappa shape index (κ2) is 11.3. The molecule has 0 spiro atoms. The van der Waals surface area contributed by atoms with E-state index in [1.807, 2.05) is 4.90 Å². The zero-order valence-corrected chi connectivity index (χ0v) is 21.7. The Morgan fingerprint density at radius 3 is 2.66 bits per heavy atom. The Labute approximate surface area is 223 Å². The highest BCUT2D eigenvalue weighted by molar-refractivity contribution is 5.94. The van der Waals surface area contributed by atoms with Crippen LogP contribution in [0.5, 0.6) is 6.01 Å². The molecule has 2 aliphatic heterocycles. The van der Waals surface area contributed by atoms with E-state index in [0.717, 1.165) is 30.0 Å². The Morgan fingerprint density at radius 1 is 1.08 bits per heavy atom. The molecule has 3 heterocycles. The summed E-state index contributed by atoms with van der Waals surface area (Å²) >= 11 is 0. The number of rotatable bonds is 7. The molecular weight excluding hydrogens is 476 g/mol. The lowest BCUT2D eigenvalue weighted by Gasteiger charge is -2.38. The van der Waals surface area contributed by atoms with Crippen molar-refractivity contribution in [3.8, 4) is 18.0 Å². The van der Waals surface area contributed by atoms with Crippen molar-refractivity contribution >= 4 is 28.2 Å². The number of aromatic nitrogens is 2. The van der Waals surface area contributed by atoms with Gasteiger partial charge >= 0.3 is 6.01 Å². The zero-order chi connectivity index (χ0) is 26.5. The van der Waals surface area contributed by atoms with Crippen LogP contribution in [-0.2, 0) is 17.8 Å². The van der Waals surface area contributed by atoms with Crippen molar-refractivity contribution in [2.24, 2.45) is 0 Å². The fourth-order valence-corrected chi connectivity index (χ4v) is 5.01. The largest absolute Gasteiger partial charge is 0.457 e.